The Hall–Kier alpha value is -4.08. The fourth-order valence-corrected chi connectivity index (χ4v) is 2.61. The first-order valence-electron chi connectivity index (χ1n) is 9.72. The lowest BCUT2D eigenvalue weighted by Gasteiger charge is -2.10. The summed E-state index contributed by atoms with van der Waals surface area (Å²) >= 11 is 0. The summed E-state index contributed by atoms with van der Waals surface area (Å²) in [4.78, 5) is 34.5. The summed E-state index contributed by atoms with van der Waals surface area (Å²) < 4.78 is 15.6. The topological polar surface area (TPSA) is 141 Å². The van der Waals surface area contributed by atoms with Crippen LogP contribution in [0.1, 0.15) is 17.5 Å². The number of rotatable bonds is 12. The molecule has 2 aromatic rings. The van der Waals surface area contributed by atoms with Gasteiger partial charge >= 0.3 is 0 Å². The van der Waals surface area contributed by atoms with Crippen molar-refractivity contribution in [1.82, 2.24) is 10.7 Å². The van der Waals surface area contributed by atoms with E-state index in [0.717, 1.165) is 5.56 Å². The number of methoxy groups -OCH3 is 2. The Bertz CT molecular complexity index is 959. The van der Waals surface area contributed by atoms with Crippen molar-refractivity contribution in [1.29, 1.82) is 0 Å². The van der Waals surface area contributed by atoms with E-state index in [1.165, 1.54) is 6.21 Å². The molecule has 0 fully saturated rings. The zero-order chi connectivity index (χ0) is 23.3. The molecule has 0 aliphatic rings. The largest absolute Gasteiger partial charge is 0.493 e. The summed E-state index contributed by atoms with van der Waals surface area (Å²) in [5.74, 6) is 0.213. The molecular formula is C22H26N4O6. The van der Waals surface area contributed by atoms with Crippen molar-refractivity contribution >= 4 is 23.9 Å². The van der Waals surface area contributed by atoms with Crippen molar-refractivity contribution in [2.24, 2.45) is 10.8 Å². The third kappa shape index (κ3) is 8.34. The second kappa shape index (κ2) is 12.6. The van der Waals surface area contributed by atoms with Crippen LogP contribution in [0.2, 0.25) is 0 Å². The molecule has 10 heteroatoms. The van der Waals surface area contributed by atoms with Gasteiger partial charge in [-0.15, -0.1) is 0 Å². The molecule has 0 aliphatic carbocycles. The smallest absolute Gasteiger partial charge is 0.255 e. The molecule has 2 rings (SSSR count). The Morgan fingerprint density at radius 2 is 1.72 bits per heavy atom. The van der Waals surface area contributed by atoms with Gasteiger partial charge in [0.15, 0.2) is 18.1 Å². The quantitative estimate of drug-likeness (QED) is 0.252. The molecule has 32 heavy (non-hydrogen) atoms. The highest BCUT2D eigenvalue weighted by molar-refractivity contribution is 5.97. The van der Waals surface area contributed by atoms with E-state index in [-0.39, 0.29) is 13.0 Å². The van der Waals surface area contributed by atoms with Crippen LogP contribution in [0.4, 0.5) is 0 Å². The van der Waals surface area contributed by atoms with Gasteiger partial charge in [-0.3, -0.25) is 14.4 Å². The first kappa shape index (κ1) is 24.2. The van der Waals surface area contributed by atoms with Gasteiger partial charge in [0, 0.05) is 6.54 Å². The van der Waals surface area contributed by atoms with E-state index in [2.05, 4.69) is 15.8 Å². The molecule has 0 unspecified atom stereocenters. The molecule has 0 radical (unpaired) electrons. The van der Waals surface area contributed by atoms with Crippen LogP contribution in [0.15, 0.2) is 47.6 Å². The number of nitrogens with two attached hydrogens (primary N) is 1. The van der Waals surface area contributed by atoms with Crippen molar-refractivity contribution in [2.45, 2.75) is 12.8 Å². The van der Waals surface area contributed by atoms with Crippen molar-refractivity contribution < 1.29 is 28.6 Å². The number of nitrogens with zero attached hydrogens (tertiary/aromatic N) is 1. The van der Waals surface area contributed by atoms with Crippen LogP contribution in [0.3, 0.4) is 0 Å². The lowest BCUT2D eigenvalue weighted by atomic mass is 10.1. The highest BCUT2D eigenvalue weighted by Crippen LogP contribution is 2.27. The molecule has 0 atom stereocenters. The minimum atomic E-state index is -0.566. The summed E-state index contributed by atoms with van der Waals surface area (Å²) in [6.45, 7) is 0.162. The average molecular weight is 442 g/mol. The van der Waals surface area contributed by atoms with E-state index >= 15 is 0 Å². The van der Waals surface area contributed by atoms with Gasteiger partial charge in [-0.1, -0.05) is 6.07 Å². The summed E-state index contributed by atoms with van der Waals surface area (Å²) in [6, 6.07) is 12.2. The number of carbonyl (C=O) groups is 3. The number of carbonyl (C=O) groups excluding carboxylic acids is 3. The van der Waals surface area contributed by atoms with Crippen LogP contribution in [0.25, 0.3) is 0 Å². The van der Waals surface area contributed by atoms with Gasteiger partial charge in [0.2, 0.25) is 11.8 Å². The van der Waals surface area contributed by atoms with E-state index in [1.54, 1.807) is 44.6 Å². The van der Waals surface area contributed by atoms with Crippen molar-refractivity contribution in [3.8, 4) is 17.2 Å². The number of primary amides is 1. The lowest BCUT2D eigenvalue weighted by Crippen LogP contribution is -2.31. The Labute approximate surface area is 185 Å². The minimum absolute atomic E-state index is 0.208. The molecule has 3 amide bonds. The van der Waals surface area contributed by atoms with Gasteiger partial charge in [-0.05, 0) is 53.9 Å². The van der Waals surface area contributed by atoms with Gasteiger partial charge in [0.1, 0.15) is 12.2 Å². The van der Waals surface area contributed by atoms with E-state index < -0.39 is 17.7 Å². The second-order valence-electron chi connectivity index (χ2n) is 6.58. The first-order valence-corrected chi connectivity index (χ1v) is 9.72. The third-order valence-corrected chi connectivity index (χ3v) is 4.17. The first-order chi connectivity index (χ1) is 15.4. The predicted octanol–water partition coefficient (Wildman–Crippen LogP) is 0.767. The maximum absolute atomic E-state index is 11.9. The van der Waals surface area contributed by atoms with Crippen LogP contribution < -0.4 is 30.7 Å². The Morgan fingerprint density at radius 1 is 1.00 bits per heavy atom. The fourth-order valence-electron chi connectivity index (χ4n) is 2.61. The molecule has 0 aromatic heterocycles. The van der Waals surface area contributed by atoms with Crippen molar-refractivity contribution in [3.63, 3.8) is 0 Å². The number of benzene rings is 2. The summed E-state index contributed by atoms with van der Waals surface area (Å²) in [7, 11) is 3.12. The average Bonchev–Trinajstić information content (AvgIpc) is 2.78. The molecule has 0 saturated carbocycles. The van der Waals surface area contributed by atoms with Gasteiger partial charge < -0.3 is 25.3 Å². The molecule has 0 saturated heterocycles. The van der Waals surface area contributed by atoms with Gasteiger partial charge in [-0.2, -0.15) is 5.10 Å². The molecule has 2 aromatic carbocycles. The van der Waals surface area contributed by atoms with E-state index in [0.29, 0.717) is 35.8 Å². The molecule has 0 aliphatic heterocycles. The Balaban J connectivity index is 1.70. The monoisotopic (exact) mass is 442 g/mol. The van der Waals surface area contributed by atoms with Gasteiger partial charge in [0.05, 0.1) is 20.4 Å². The predicted molar refractivity (Wildman–Crippen MR) is 118 cm³/mol. The summed E-state index contributed by atoms with van der Waals surface area (Å²) in [6.07, 6.45) is 1.65. The number of hydrazone groups is 1. The maximum atomic E-state index is 11.9. The van der Waals surface area contributed by atoms with E-state index in [1.807, 2.05) is 12.1 Å². The third-order valence-electron chi connectivity index (χ3n) is 4.17. The zero-order valence-electron chi connectivity index (χ0n) is 17.9. The second-order valence-corrected chi connectivity index (χ2v) is 6.58. The summed E-state index contributed by atoms with van der Waals surface area (Å²) in [5.41, 5.74) is 8.96. The number of ether oxygens (including phenoxy) is 3. The lowest BCUT2D eigenvalue weighted by molar-refractivity contribution is -0.129. The molecule has 0 spiro atoms. The van der Waals surface area contributed by atoms with Crippen molar-refractivity contribution in [2.75, 3.05) is 27.4 Å². The maximum Gasteiger partial charge on any atom is 0.255 e. The molecule has 0 bridgehead atoms. The van der Waals surface area contributed by atoms with E-state index in [9.17, 15) is 14.4 Å². The Kier molecular flexibility index (Phi) is 9.51. The van der Waals surface area contributed by atoms with Crippen molar-refractivity contribution in [3.05, 3.63) is 53.6 Å². The highest BCUT2D eigenvalue weighted by Gasteiger charge is 2.09. The molecule has 4 N–H and O–H groups in total. The van der Waals surface area contributed by atoms with Crippen LogP contribution in [-0.4, -0.2) is 51.3 Å². The van der Waals surface area contributed by atoms with Gasteiger partial charge in [0.25, 0.3) is 5.91 Å². The Morgan fingerprint density at radius 3 is 2.38 bits per heavy atom. The van der Waals surface area contributed by atoms with Gasteiger partial charge in [-0.25, -0.2) is 5.43 Å². The number of hydrogen-bond acceptors (Lipinski definition) is 7. The standard InChI is InChI=1S/C22H26N4O6/c1-30-18-8-5-15(11-19(18)31-2)9-10-24-21(28)12-22(29)26-25-13-16-3-6-17(7-4-16)32-14-20(23)27/h3-8,11,13H,9-10,12,14H2,1-2H3,(H2,23,27)(H,24,28)(H,26,29). The zero-order valence-corrected chi connectivity index (χ0v) is 17.9. The number of hydrogen-bond donors (Lipinski definition) is 3. The van der Waals surface area contributed by atoms with E-state index in [4.69, 9.17) is 19.9 Å². The number of nitrogens with one attached hydrogen (secondary N) is 2. The van der Waals surface area contributed by atoms with Crippen LogP contribution in [0.5, 0.6) is 17.2 Å². The fraction of sp³-hybridized carbons (Fsp3) is 0.273. The molecule has 170 valence electrons. The van der Waals surface area contributed by atoms with Crippen LogP contribution in [0, 0.1) is 0 Å². The van der Waals surface area contributed by atoms with Crippen LogP contribution >= 0.6 is 0 Å². The normalized spacial score (nSPS) is 10.4. The molecule has 0 heterocycles. The summed E-state index contributed by atoms with van der Waals surface area (Å²) in [5, 5.41) is 6.51. The molecule has 10 nitrogen and oxygen atoms in total. The van der Waals surface area contributed by atoms with Crippen LogP contribution in [-0.2, 0) is 20.8 Å². The minimum Gasteiger partial charge on any atom is -0.493 e. The number of amides is 3. The highest BCUT2D eigenvalue weighted by atomic mass is 16.5. The SMILES string of the molecule is COc1ccc(CCNC(=O)CC(=O)NN=Cc2ccc(OCC(N)=O)cc2)cc1OC. The molecular weight excluding hydrogens is 416 g/mol.